The zero-order valence-corrected chi connectivity index (χ0v) is 36.7. The van der Waals surface area contributed by atoms with Crippen LogP contribution in [0, 0.1) is 0 Å². The van der Waals surface area contributed by atoms with Crippen LogP contribution in [0.3, 0.4) is 0 Å². The molecule has 17 heteroatoms. The first-order valence-electron chi connectivity index (χ1n) is 16.4. The third-order valence-electron chi connectivity index (χ3n) is 7.64. The predicted molar refractivity (Wildman–Crippen MR) is 222 cm³/mol. The molecule has 2 aromatic heterocycles. The van der Waals surface area contributed by atoms with Crippen LogP contribution in [0.25, 0.3) is 0 Å². The van der Waals surface area contributed by atoms with Crippen molar-refractivity contribution in [2.45, 2.75) is 78.7 Å². The van der Waals surface area contributed by atoms with Crippen molar-refractivity contribution >= 4 is 109 Å². The molecule has 290 valence electrons. The number of nitrogens with one attached hydrogen (secondary N) is 2. The standard InChI is InChI=1S/C18H18BrCl2N3O2.C18H19Cl2N3O2.CH2Cl2/c1-9-14(17(25)26-18(2,3)4)15(10-5-6-12(20)13(21)7-10)24-16(23-9)11(19)8-22-24;1-10-15(17(24)25-18(2,3)4)16(23-14(22-10)7-8-21-23)11-5-6-12(19)13(20)9-11;2-1-3/h5-8,15,23H,1-4H3;5-9,16,22H,1-4H3;1H2. The van der Waals surface area contributed by atoms with E-state index in [1.807, 2.05) is 73.6 Å². The number of nitrogens with zero attached hydrogens (tertiary/aromatic N) is 4. The van der Waals surface area contributed by atoms with Gasteiger partial charge in [-0.05, 0) is 107 Å². The zero-order valence-electron chi connectivity index (χ0n) is 30.6. The summed E-state index contributed by atoms with van der Waals surface area (Å²) >= 11 is 37.5. The molecule has 54 heavy (non-hydrogen) atoms. The minimum atomic E-state index is -0.614. The Balaban J connectivity index is 0.000000225. The Hall–Kier alpha value is -2.90. The molecule has 2 unspecified atom stereocenters. The molecule has 0 spiro atoms. The summed E-state index contributed by atoms with van der Waals surface area (Å²) in [5.74, 6) is 0.748. The summed E-state index contributed by atoms with van der Waals surface area (Å²) in [5.41, 5.74) is 2.77. The number of rotatable bonds is 4. The summed E-state index contributed by atoms with van der Waals surface area (Å²) in [5, 5.41) is 17.2. The number of hydrogen-bond donors (Lipinski definition) is 2. The Kier molecular flexibility index (Phi) is 14.5. The van der Waals surface area contributed by atoms with Gasteiger partial charge in [0, 0.05) is 17.5 Å². The first kappa shape index (κ1) is 43.8. The van der Waals surface area contributed by atoms with E-state index >= 15 is 0 Å². The topological polar surface area (TPSA) is 112 Å². The van der Waals surface area contributed by atoms with E-state index in [1.165, 1.54) is 0 Å². The smallest absolute Gasteiger partial charge is 0.338 e. The summed E-state index contributed by atoms with van der Waals surface area (Å²) in [6.07, 6.45) is 3.36. The summed E-state index contributed by atoms with van der Waals surface area (Å²) in [6.45, 7) is 14.7. The number of carbonyl (C=O) groups excluding carboxylic acids is 2. The number of allylic oxidation sites excluding steroid dienone is 2. The molecule has 0 saturated heterocycles. The number of anilines is 2. The van der Waals surface area contributed by atoms with Gasteiger partial charge in [0.05, 0.1) is 53.4 Å². The fourth-order valence-corrected chi connectivity index (χ4v) is 6.59. The van der Waals surface area contributed by atoms with Crippen LogP contribution >= 0.6 is 85.5 Å². The predicted octanol–water partition coefficient (Wildman–Crippen LogP) is 11.8. The Morgan fingerprint density at radius 3 is 1.61 bits per heavy atom. The number of hydrogen-bond acceptors (Lipinski definition) is 8. The maximum absolute atomic E-state index is 12.9. The van der Waals surface area contributed by atoms with E-state index in [1.54, 1.807) is 46.0 Å². The number of benzene rings is 2. The molecule has 0 fully saturated rings. The molecule has 10 nitrogen and oxygen atoms in total. The Bertz CT molecular complexity index is 2100. The minimum Gasteiger partial charge on any atom is -0.456 e. The average molecular weight is 924 g/mol. The fourth-order valence-electron chi connectivity index (χ4n) is 5.61. The van der Waals surface area contributed by atoms with Gasteiger partial charge in [0.2, 0.25) is 0 Å². The summed E-state index contributed by atoms with van der Waals surface area (Å²) < 4.78 is 15.5. The molecule has 0 amide bonds. The van der Waals surface area contributed by atoms with Crippen LogP contribution < -0.4 is 10.6 Å². The van der Waals surface area contributed by atoms with Crippen LogP contribution in [0.5, 0.6) is 0 Å². The van der Waals surface area contributed by atoms with Crippen LogP contribution in [-0.4, -0.2) is 48.0 Å². The van der Waals surface area contributed by atoms with Gasteiger partial charge in [-0.15, -0.1) is 23.2 Å². The third-order valence-corrected chi connectivity index (χ3v) is 9.70. The van der Waals surface area contributed by atoms with E-state index in [9.17, 15) is 9.59 Å². The van der Waals surface area contributed by atoms with Gasteiger partial charge in [-0.25, -0.2) is 19.0 Å². The monoisotopic (exact) mass is 920 g/mol. The van der Waals surface area contributed by atoms with Crippen LogP contribution in [0.2, 0.25) is 20.1 Å². The molecule has 2 aliphatic rings. The lowest BCUT2D eigenvalue weighted by Gasteiger charge is -2.31. The SMILES string of the molecule is CC1=C(C(=O)OC(C)(C)C)C(c2ccc(Cl)c(Cl)c2)n2ncc(Br)c2N1.CC1=C(C(=O)OC(C)(C)C)C(c2ccc(Cl)c(Cl)c2)n2nccc2N1.ClCCl. The molecular weight excluding hydrogens is 885 g/mol. The largest absolute Gasteiger partial charge is 0.456 e. The Morgan fingerprint density at radius 1 is 0.722 bits per heavy atom. The van der Waals surface area contributed by atoms with Gasteiger partial charge in [0.25, 0.3) is 0 Å². The molecule has 6 rings (SSSR count). The highest BCUT2D eigenvalue weighted by Crippen LogP contribution is 2.42. The Labute approximate surface area is 353 Å². The summed E-state index contributed by atoms with van der Waals surface area (Å²) in [4.78, 5) is 25.8. The van der Waals surface area contributed by atoms with Gasteiger partial charge < -0.3 is 20.1 Å². The molecule has 0 bridgehead atoms. The second kappa shape index (κ2) is 17.9. The van der Waals surface area contributed by atoms with Gasteiger partial charge in [0.1, 0.15) is 34.9 Å². The molecule has 4 heterocycles. The van der Waals surface area contributed by atoms with Crippen LogP contribution in [0.1, 0.15) is 78.6 Å². The third kappa shape index (κ3) is 10.5. The van der Waals surface area contributed by atoms with Crippen molar-refractivity contribution in [2.75, 3.05) is 16.0 Å². The average Bonchev–Trinajstić information content (AvgIpc) is 3.67. The number of alkyl halides is 2. The molecular formula is C37H39BrCl6N6O4. The molecule has 0 saturated carbocycles. The van der Waals surface area contributed by atoms with E-state index < -0.39 is 35.2 Å². The minimum absolute atomic E-state index is 0.194. The summed E-state index contributed by atoms with van der Waals surface area (Å²) in [6, 6.07) is 11.5. The molecule has 2 aliphatic heterocycles. The lowest BCUT2D eigenvalue weighted by Crippen LogP contribution is -2.33. The number of carbonyl (C=O) groups is 2. The van der Waals surface area contributed by atoms with Gasteiger partial charge in [-0.1, -0.05) is 58.5 Å². The number of aromatic nitrogens is 4. The number of fused-ring (bicyclic) bond motifs is 2. The van der Waals surface area contributed by atoms with Crippen molar-refractivity contribution in [1.29, 1.82) is 0 Å². The summed E-state index contributed by atoms with van der Waals surface area (Å²) in [7, 11) is 0. The van der Waals surface area contributed by atoms with Crippen molar-refractivity contribution in [3.8, 4) is 0 Å². The van der Waals surface area contributed by atoms with Crippen molar-refractivity contribution in [2.24, 2.45) is 0 Å². The van der Waals surface area contributed by atoms with E-state index in [0.717, 1.165) is 32.9 Å². The highest BCUT2D eigenvalue weighted by molar-refractivity contribution is 9.10. The number of halogens is 7. The maximum atomic E-state index is 12.9. The highest BCUT2D eigenvalue weighted by atomic mass is 79.9. The lowest BCUT2D eigenvalue weighted by molar-refractivity contribution is -0.151. The second-order valence-electron chi connectivity index (χ2n) is 14.0. The van der Waals surface area contributed by atoms with Gasteiger partial charge in [-0.3, -0.25) is 0 Å². The van der Waals surface area contributed by atoms with Gasteiger partial charge in [-0.2, -0.15) is 10.2 Å². The molecule has 0 radical (unpaired) electrons. The van der Waals surface area contributed by atoms with E-state index in [0.29, 0.717) is 36.9 Å². The molecule has 2 aromatic carbocycles. The fraction of sp³-hybridized carbons (Fsp3) is 0.351. The van der Waals surface area contributed by atoms with Crippen molar-refractivity contribution in [3.63, 3.8) is 0 Å². The van der Waals surface area contributed by atoms with Crippen molar-refractivity contribution in [1.82, 2.24) is 19.6 Å². The normalized spacial score (nSPS) is 16.4. The quantitative estimate of drug-likeness (QED) is 0.154. The molecule has 2 N–H and O–H groups in total. The van der Waals surface area contributed by atoms with Gasteiger partial charge >= 0.3 is 11.9 Å². The zero-order chi connectivity index (χ0) is 40.3. The lowest BCUT2D eigenvalue weighted by atomic mass is 9.95. The first-order valence-corrected chi connectivity index (χ1v) is 19.7. The first-order chi connectivity index (χ1) is 25.2. The van der Waals surface area contributed by atoms with Crippen molar-refractivity contribution < 1.29 is 19.1 Å². The van der Waals surface area contributed by atoms with Crippen LogP contribution in [0.15, 0.2) is 81.9 Å². The maximum Gasteiger partial charge on any atom is 0.338 e. The molecule has 2 atom stereocenters. The van der Waals surface area contributed by atoms with Gasteiger partial charge in [0.15, 0.2) is 0 Å². The molecule has 4 aromatic rings. The van der Waals surface area contributed by atoms with E-state index in [4.69, 9.17) is 79.1 Å². The molecule has 0 aliphatic carbocycles. The van der Waals surface area contributed by atoms with E-state index in [2.05, 4.69) is 36.8 Å². The van der Waals surface area contributed by atoms with Crippen LogP contribution in [0.4, 0.5) is 11.6 Å². The van der Waals surface area contributed by atoms with Crippen molar-refractivity contribution in [3.05, 3.63) is 113 Å². The number of esters is 2. The van der Waals surface area contributed by atoms with Crippen LogP contribution in [-0.2, 0) is 19.1 Å². The second-order valence-corrected chi connectivity index (χ2v) is 17.3. The highest BCUT2D eigenvalue weighted by Gasteiger charge is 2.37. The Morgan fingerprint density at radius 2 is 1.17 bits per heavy atom. The van der Waals surface area contributed by atoms with E-state index in [-0.39, 0.29) is 5.34 Å². The number of ether oxygens (including phenoxy) is 2.